The van der Waals surface area contributed by atoms with E-state index in [1.54, 1.807) is 4.90 Å². The second-order valence-corrected chi connectivity index (χ2v) is 6.07. The van der Waals surface area contributed by atoms with E-state index in [0.29, 0.717) is 30.4 Å². The Morgan fingerprint density at radius 1 is 1.08 bits per heavy atom. The maximum atomic E-state index is 12.7. The van der Waals surface area contributed by atoms with Crippen molar-refractivity contribution in [1.82, 2.24) is 15.0 Å². The second-order valence-electron chi connectivity index (χ2n) is 6.07. The molecule has 0 radical (unpaired) electrons. The van der Waals surface area contributed by atoms with Crippen molar-refractivity contribution in [3.8, 4) is 11.4 Å². The van der Waals surface area contributed by atoms with Crippen LogP contribution in [0.2, 0.25) is 0 Å². The summed E-state index contributed by atoms with van der Waals surface area (Å²) in [6, 6.07) is 15.5. The van der Waals surface area contributed by atoms with Crippen LogP contribution in [0.15, 0.2) is 53.1 Å². The fraction of sp³-hybridized carbons (Fsp3) is 0.250. The summed E-state index contributed by atoms with van der Waals surface area (Å²) in [5.41, 5.74) is 3.79. The van der Waals surface area contributed by atoms with E-state index in [1.165, 1.54) is 5.56 Å². The summed E-state index contributed by atoms with van der Waals surface area (Å²) in [5.74, 6) is 0.925. The third-order valence-electron chi connectivity index (χ3n) is 4.04. The van der Waals surface area contributed by atoms with Crippen LogP contribution in [0.1, 0.15) is 34.3 Å². The predicted molar refractivity (Wildman–Crippen MR) is 96.1 cm³/mol. The first-order valence-corrected chi connectivity index (χ1v) is 8.32. The normalized spacial score (nSPS) is 10.7. The lowest BCUT2D eigenvalue weighted by atomic mass is 10.1. The van der Waals surface area contributed by atoms with E-state index in [9.17, 15) is 4.79 Å². The quantitative estimate of drug-likeness (QED) is 0.707. The van der Waals surface area contributed by atoms with Gasteiger partial charge in [-0.2, -0.15) is 4.98 Å². The molecule has 0 aliphatic rings. The van der Waals surface area contributed by atoms with Gasteiger partial charge < -0.3 is 9.42 Å². The number of hydrogen-bond donors (Lipinski definition) is 0. The number of aromatic nitrogens is 2. The zero-order valence-electron chi connectivity index (χ0n) is 14.7. The fourth-order valence-electron chi connectivity index (χ4n) is 2.59. The van der Waals surface area contributed by atoms with Gasteiger partial charge in [0.25, 0.3) is 5.91 Å². The van der Waals surface area contributed by atoms with Crippen molar-refractivity contribution in [2.24, 2.45) is 0 Å². The van der Waals surface area contributed by atoms with E-state index < -0.39 is 0 Å². The second kappa shape index (κ2) is 7.30. The number of aryl methyl sites for hydroxylation is 2. The molecule has 0 atom stereocenters. The predicted octanol–water partition coefficient (Wildman–Crippen LogP) is 4.02. The SMILES string of the molecule is CCN(Cc1nc(-c2ccc(C)cc2)no1)C(=O)c1cccc(C)c1. The zero-order chi connectivity index (χ0) is 17.8. The molecule has 2 aromatic carbocycles. The minimum Gasteiger partial charge on any atom is -0.337 e. The largest absolute Gasteiger partial charge is 0.337 e. The van der Waals surface area contributed by atoms with E-state index in [1.807, 2.05) is 69.3 Å². The van der Waals surface area contributed by atoms with Gasteiger partial charge in [0.2, 0.25) is 11.7 Å². The third-order valence-corrected chi connectivity index (χ3v) is 4.04. The van der Waals surface area contributed by atoms with Crippen molar-refractivity contribution in [2.45, 2.75) is 27.3 Å². The molecule has 0 saturated carbocycles. The number of nitrogens with zero attached hydrogens (tertiary/aromatic N) is 3. The Balaban J connectivity index is 1.76. The topological polar surface area (TPSA) is 59.2 Å². The molecule has 1 aromatic heterocycles. The van der Waals surface area contributed by atoms with Gasteiger partial charge in [-0.15, -0.1) is 0 Å². The summed E-state index contributed by atoms with van der Waals surface area (Å²) < 4.78 is 5.34. The summed E-state index contributed by atoms with van der Waals surface area (Å²) in [6.45, 7) is 6.79. The van der Waals surface area contributed by atoms with Crippen molar-refractivity contribution in [3.05, 3.63) is 71.1 Å². The zero-order valence-corrected chi connectivity index (χ0v) is 14.7. The molecular weight excluding hydrogens is 314 g/mol. The van der Waals surface area contributed by atoms with Crippen molar-refractivity contribution in [1.29, 1.82) is 0 Å². The molecule has 0 spiro atoms. The van der Waals surface area contributed by atoms with E-state index in [-0.39, 0.29) is 5.91 Å². The molecule has 1 heterocycles. The van der Waals surface area contributed by atoms with Crippen molar-refractivity contribution < 1.29 is 9.32 Å². The maximum Gasteiger partial charge on any atom is 0.254 e. The molecule has 0 bridgehead atoms. The van der Waals surface area contributed by atoms with Crippen molar-refractivity contribution >= 4 is 5.91 Å². The molecule has 0 unspecified atom stereocenters. The van der Waals surface area contributed by atoms with Gasteiger partial charge in [0, 0.05) is 17.7 Å². The monoisotopic (exact) mass is 335 g/mol. The van der Waals surface area contributed by atoms with E-state index in [4.69, 9.17) is 4.52 Å². The number of amides is 1. The lowest BCUT2D eigenvalue weighted by Crippen LogP contribution is -2.30. The lowest BCUT2D eigenvalue weighted by molar-refractivity contribution is 0.0734. The lowest BCUT2D eigenvalue weighted by Gasteiger charge is -2.19. The average Bonchev–Trinajstić information content (AvgIpc) is 3.08. The molecule has 128 valence electrons. The molecule has 0 N–H and O–H groups in total. The standard InChI is InChI=1S/C20H21N3O2/c1-4-23(20(24)17-7-5-6-15(3)12-17)13-18-21-19(22-25-18)16-10-8-14(2)9-11-16/h5-12H,4,13H2,1-3H3. The van der Waals surface area contributed by atoms with Crippen LogP contribution in [-0.2, 0) is 6.54 Å². The molecule has 3 aromatic rings. The molecule has 0 aliphatic carbocycles. The first-order valence-electron chi connectivity index (χ1n) is 8.32. The summed E-state index contributed by atoms with van der Waals surface area (Å²) in [5, 5.41) is 4.03. The molecule has 0 aliphatic heterocycles. The number of benzene rings is 2. The van der Waals surface area contributed by atoms with Gasteiger partial charge in [-0.25, -0.2) is 0 Å². The summed E-state index contributed by atoms with van der Waals surface area (Å²) in [7, 11) is 0. The Bertz CT molecular complexity index is 869. The maximum absolute atomic E-state index is 12.7. The Morgan fingerprint density at radius 3 is 2.52 bits per heavy atom. The Labute approximate surface area is 147 Å². The van der Waals surface area contributed by atoms with Crippen LogP contribution in [0.4, 0.5) is 0 Å². The Kier molecular flexibility index (Phi) is 4.93. The third kappa shape index (κ3) is 3.94. The van der Waals surface area contributed by atoms with Gasteiger partial charge >= 0.3 is 0 Å². The summed E-state index contributed by atoms with van der Waals surface area (Å²) >= 11 is 0. The highest BCUT2D eigenvalue weighted by atomic mass is 16.5. The average molecular weight is 335 g/mol. The van der Waals surface area contributed by atoms with Gasteiger partial charge in [0.05, 0.1) is 0 Å². The summed E-state index contributed by atoms with van der Waals surface area (Å²) in [4.78, 5) is 18.8. The number of rotatable bonds is 5. The van der Waals surface area contributed by atoms with Crippen LogP contribution in [0.3, 0.4) is 0 Å². The van der Waals surface area contributed by atoms with Gasteiger partial charge in [0.1, 0.15) is 6.54 Å². The Hall–Kier alpha value is -2.95. The van der Waals surface area contributed by atoms with Crippen molar-refractivity contribution in [2.75, 3.05) is 6.54 Å². The van der Waals surface area contributed by atoms with Crippen LogP contribution < -0.4 is 0 Å². The van der Waals surface area contributed by atoms with Gasteiger partial charge in [-0.05, 0) is 32.9 Å². The molecular formula is C20H21N3O2. The van der Waals surface area contributed by atoms with E-state index in [2.05, 4.69) is 10.1 Å². The number of carbonyl (C=O) groups is 1. The van der Waals surface area contributed by atoms with Gasteiger partial charge in [-0.3, -0.25) is 4.79 Å². The first-order chi connectivity index (χ1) is 12.1. The first kappa shape index (κ1) is 16.9. The molecule has 3 rings (SSSR count). The van der Waals surface area contributed by atoms with Gasteiger partial charge in [-0.1, -0.05) is 52.7 Å². The summed E-state index contributed by atoms with van der Waals surface area (Å²) in [6.07, 6.45) is 0. The van der Waals surface area contributed by atoms with Crippen LogP contribution in [0, 0.1) is 13.8 Å². The molecule has 0 saturated heterocycles. The molecule has 25 heavy (non-hydrogen) atoms. The molecule has 1 amide bonds. The molecule has 0 fully saturated rings. The number of carbonyl (C=O) groups excluding carboxylic acids is 1. The van der Waals surface area contributed by atoms with Crippen LogP contribution in [-0.4, -0.2) is 27.5 Å². The number of hydrogen-bond acceptors (Lipinski definition) is 4. The van der Waals surface area contributed by atoms with Gasteiger partial charge in [0.15, 0.2) is 0 Å². The molecule has 5 heteroatoms. The van der Waals surface area contributed by atoms with Crippen LogP contribution in [0.5, 0.6) is 0 Å². The van der Waals surface area contributed by atoms with E-state index in [0.717, 1.165) is 11.1 Å². The highest BCUT2D eigenvalue weighted by Crippen LogP contribution is 2.17. The Morgan fingerprint density at radius 2 is 1.84 bits per heavy atom. The smallest absolute Gasteiger partial charge is 0.254 e. The van der Waals surface area contributed by atoms with Crippen LogP contribution >= 0.6 is 0 Å². The van der Waals surface area contributed by atoms with E-state index >= 15 is 0 Å². The van der Waals surface area contributed by atoms with Crippen molar-refractivity contribution in [3.63, 3.8) is 0 Å². The van der Waals surface area contributed by atoms with Crippen LogP contribution in [0.25, 0.3) is 11.4 Å². The molecule has 5 nitrogen and oxygen atoms in total. The highest BCUT2D eigenvalue weighted by Gasteiger charge is 2.18. The highest BCUT2D eigenvalue weighted by molar-refractivity contribution is 5.94. The fourth-order valence-corrected chi connectivity index (χ4v) is 2.59. The minimum absolute atomic E-state index is 0.0405. The minimum atomic E-state index is -0.0405.